The number of benzene rings is 1. The van der Waals surface area contributed by atoms with Gasteiger partial charge in [0, 0.05) is 31.7 Å². The summed E-state index contributed by atoms with van der Waals surface area (Å²) in [4.78, 5) is 9.51. The highest BCUT2D eigenvalue weighted by Crippen LogP contribution is 2.26. The number of hydrogen-bond donors (Lipinski definition) is 2. The number of aliphatic imine (C=N–C) groups is 1. The minimum absolute atomic E-state index is 0. The van der Waals surface area contributed by atoms with Gasteiger partial charge in [0.15, 0.2) is 5.96 Å². The van der Waals surface area contributed by atoms with Crippen LogP contribution in [-0.4, -0.2) is 80.4 Å². The molecule has 0 radical (unpaired) electrons. The van der Waals surface area contributed by atoms with E-state index in [1.165, 1.54) is 0 Å². The van der Waals surface area contributed by atoms with E-state index in [1.807, 2.05) is 12.1 Å². The number of aliphatic hydroxyl groups is 1. The Morgan fingerprint density at radius 1 is 1.21 bits per heavy atom. The van der Waals surface area contributed by atoms with E-state index >= 15 is 0 Å². The molecule has 0 amide bonds. The van der Waals surface area contributed by atoms with Crippen molar-refractivity contribution in [1.29, 1.82) is 0 Å². The third-order valence-electron chi connectivity index (χ3n) is 5.30. The van der Waals surface area contributed by atoms with Crippen molar-refractivity contribution in [3.05, 3.63) is 23.8 Å². The van der Waals surface area contributed by atoms with Crippen LogP contribution in [0.15, 0.2) is 23.2 Å². The van der Waals surface area contributed by atoms with Crippen LogP contribution in [-0.2, 0) is 0 Å². The molecule has 166 valence electrons. The van der Waals surface area contributed by atoms with Crippen molar-refractivity contribution in [2.24, 2.45) is 4.99 Å². The lowest BCUT2D eigenvalue weighted by Gasteiger charge is -2.27. The van der Waals surface area contributed by atoms with Crippen LogP contribution in [0.3, 0.4) is 0 Å². The topological polar surface area (TPSA) is 69.6 Å². The van der Waals surface area contributed by atoms with Crippen molar-refractivity contribution < 1.29 is 14.6 Å². The maximum Gasteiger partial charge on any atom is 0.194 e. The third kappa shape index (κ3) is 7.18. The Bertz CT molecular complexity index is 618. The lowest BCUT2D eigenvalue weighted by Crippen LogP contribution is -2.43. The van der Waals surface area contributed by atoms with Crippen molar-refractivity contribution in [3.63, 3.8) is 0 Å². The van der Waals surface area contributed by atoms with Crippen LogP contribution in [0.4, 0.5) is 0 Å². The fourth-order valence-corrected chi connectivity index (χ4v) is 3.70. The molecule has 1 fully saturated rings. The second kappa shape index (κ2) is 13.1. The fourth-order valence-electron chi connectivity index (χ4n) is 3.70. The number of nitrogens with zero attached hydrogens (tertiary/aromatic N) is 3. The number of hydrogen-bond acceptors (Lipinski definition) is 5. The summed E-state index contributed by atoms with van der Waals surface area (Å²) in [6, 6.07) is 6.00. The maximum absolute atomic E-state index is 10.7. The normalized spacial score (nSPS) is 17.8. The first-order valence-electron chi connectivity index (χ1n) is 10.2. The molecule has 1 heterocycles. The zero-order valence-electron chi connectivity index (χ0n) is 18.4. The summed E-state index contributed by atoms with van der Waals surface area (Å²) in [5.74, 6) is 2.18. The lowest BCUT2D eigenvalue weighted by molar-refractivity contribution is 0.185. The van der Waals surface area contributed by atoms with E-state index in [4.69, 9.17) is 14.5 Å². The first kappa shape index (κ1) is 25.8. The largest absolute Gasteiger partial charge is 0.497 e. The molecule has 1 saturated heterocycles. The van der Waals surface area contributed by atoms with Crippen LogP contribution in [0.25, 0.3) is 0 Å². The molecule has 0 aliphatic carbocycles. The molecule has 29 heavy (non-hydrogen) atoms. The molecular formula is C21H37IN4O3. The van der Waals surface area contributed by atoms with Crippen LogP contribution in [0.1, 0.15) is 38.9 Å². The van der Waals surface area contributed by atoms with Gasteiger partial charge in [-0.15, -0.1) is 24.0 Å². The maximum atomic E-state index is 10.7. The number of ether oxygens (including phenoxy) is 2. The van der Waals surface area contributed by atoms with E-state index in [1.54, 1.807) is 20.3 Å². The monoisotopic (exact) mass is 520 g/mol. The highest BCUT2D eigenvalue weighted by molar-refractivity contribution is 14.0. The molecule has 2 atom stereocenters. The highest BCUT2D eigenvalue weighted by Gasteiger charge is 2.28. The SMILES string of the molecule is CCNC(=NCC(O)c1cc(OC)cc(OC)c1)N1CCC(N(CC)CC)C1.I. The Morgan fingerprint density at radius 2 is 1.83 bits per heavy atom. The van der Waals surface area contributed by atoms with Gasteiger partial charge in [0.1, 0.15) is 11.5 Å². The molecule has 8 heteroatoms. The van der Waals surface area contributed by atoms with E-state index in [9.17, 15) is 5.11 Å². The summed E-state index contributed by atoms with van der Waals surface area (Å²) in [7, 11) is 3.21. The van der Waals surface area contributed by atoms with Crippen LogP contribution < -0.4 is 14.8 Å². The first-order chi connectivity index (χ1) is 13.6. The van der Waals surface area contributed by atoms with Gasteiger partial charge in [-0.05, 0) is 44.1 Å². The zero-order valence-corrected chi connectivity index (χ0v) is 20.7. The number of guanidine groups is 1. The molecule has 2 rings (SSSR count). The standard InChI is InChI=1S/C21H36N4O3.HI/c1-6-22-21(25-10-9-17(15-25)24(7-2)8-3)23-14-20(26)16-11-18(27-4)13-19(12-16)28-5;/h11-13,17,20,26H,6-10,14-15H2,1-5H3,(H,22,23);1H. The van der Waals surface area contributed by atoms with E-state index in [0.717, 1.165) is 50.7 Å². The Hall–Kier alpha value is -1.26. The second-order valence-electron chi connectivity index (χ2n) is 6.97. The van der Waals surface area contributed by atoms with Gasteiger partial charge in [0.2, 0.25) is 0 Å². The van der Waals surface area contributed by atoms with Gasteiger partial charge in [-0.1, -0.05) is 13.8 Å². The Kier molecular flexibility index (Phi) is 11.7. The van der Waals surface area contributed by atoms with Gasteiger partial charge in [0.25, 0.3) is 0 Å². The van der Waals surface area contributed by atoms with Crippen LogP contribution in [0, 0.1) is 0 Å². The predicted molar refractivity (Wildman–Crippen MR) is 129 cm³/mol. The van der Waals surface area contributed by atoms with Gasteiger partial charge in [-0.25, -0.2) is 0 Å². The predicted octanol–water partition coefficient (Wildman–Crippen LogP) is 2.74. The van der Waals surface area contributed by atoms with Gasteiger partial charge in [-0.2, -0.15) is 0 Å². The quantitative estimate of drug-likeness (QED) is 0.297. The summed E-state index contributed by atoms with van der Waals surface area (Å²) in [6.45, 7) is 11.7. The summed E-state index contributed by atoms with van der Waals surface area (Å²) in [5.41, 5.74) is 0.734. The van der Waals surface area contributed by atoms with E-state index in [-0.39, 0.29) is 30.5 Å². The third-order valence-corrected chi connectivity index (χ3v) is 5.30. The van der Waals surface area contributed by atoms with Crippen molar-refractivity contribution in [3.8, 4) is 11.5 Å². The fraction of sp³-hybridized carbons (Fsp3) is 0.667. The number of nitrogens with one attached hydrogen (secondary N) is 1. The first-order valence-corrected chi connectivity index (χ1v) is 10.2. The number of halogens is 1. The molecule has 1 aromatic rings. The molecular weight excluding hydrogens is 483 g/mol. The summed E-state index contributed by atoms with van der Waals surface area (Å²) >= 11 is 0. The minimum Gasteiger partial charge on any atom is -0.497 e. The highest BCUT2D eigenvalue weighted by atomic mass is 127. The van der Waals surface area contributed by atoms with E-state index in [0.29, 0.717) is 17.5 Å². The minimum atomic E-state index is -0.723. The molecule has 1 aromatic carbocycles. The molecule has 0 spiro atoms. The lowest BCUT2D eigenvalue weighted by atomic mass is 10.1. The molecule has 2 unspecified atom stereocenters. The van der Waals surface area contributed by atoms with Crippen molar-refractivity contribution in [2.45, 2.75) is 39.3 Å². The van der Waals surface area contributed by atoms with Gasteiger partial charge in [0.05, 0.1) is 26.9 Å². The smallest absolute Gasteiger partial charge is 0.194 e. The number of methoxy groups -OCH3 is 2. The summed E-state index contributed by atoms with van der Waals surface area (Å²) in [5, 5.41) is 14.0. The van der Waals surface area contributed by atoms with Gasteiger partial charge >= 0.3 is 0 Å². The number of likely N-dealkylation sites (tertiary alicyclic amines) is 1. The van der Waals surface area contributed by atoms with E-state index in [2.05, 4.69) is 35.9 Å². The number of aliphatic hydroxyl groups excluding tert-OH is 1. The molecule has 0 aromatic heterocycles. The van der Waals surface area contributed by atoms with Crippen LogP contribution >= 0.6 is 24.0 Å². The Labute approximate surface area is 192 Å². The summed E-state index contributed by atoms with van der Waals surface area (Å²) < 4.78 is 10.6. The van der Waals surface area contributed by atoms with E-state index < -0.39 is 6.10 Å². The average molecular weight is 520 g/mol. The summed E-state index contributed by atoms with van der Waals surface area (Å²) in [6.07, 6.45) is 0.417. The number of likely N-dealkylation sites (N-methyl/N-ethyl adjacent to an activating group) is 1. The molecule has 1 aliphatic heterocycles. The van der Waals surface area contributed by atoms with Crippen molar-refractivity contribution in [1.82, 2.24) is 15.1 Å². The zero-order chi connectivity index (χ0) is 20.5. The molecule has 0 saturated carbocycles. The van der Waals surface area contributed by atoms with Crippen molar-refractivity contribution >= 4 is 29.9 Å². The van der Waals surface area contributed by atoms with Crippen LogP contribution in [0.2, 0.25) is 0 Å². The molecule has 7 nitrogen and oxygen atoms in total. The number of rotatable bonds is 9. The van der Waals surface area contributed by atoms with Crippen molar-refractivity contribution in [2.75, 3.05) is 53.5 Å². The Balaban J connectivity index is 0.00000420. The molecule has 0 bridgehead atoms. The molecule has 2 N–H and O–H groups in total. The van der Waals surface area contributed by atoms with Gasteiger partial charge in [-0.3, -0.25) is 9.89 Å². The van der Waals surface area contributed by atoms with Gasteiger partial charge < -0.3 is 24.8 Å². The molecule has 1 aliphatic rings. The van der Waals surface area contributed by atoms with Crippen LogP contribution in [0.5, 0.6) is 11.5 Å². The average Bonchev–Trinajstić information content (AvgIpc) is 3.21. The Morgan fingerprint density at radius 3 is 2.34 bits per heavy atom. The second-order valence-corrected chi connectivity index (χ2v) is 6.97.